The number of aromatic nitrogens is 2. The Hall–Kier alpha value is -2.29. The molecule has 0 aliphatic carbocycles. The van der Waals surface area contributed by atoms with Gasteiger partial charge in [-0.05, 0) is 69.9 Å². The fraction of sp³-hybridized carbons (Fsp3) is 0.516. The molecule has 2 N–H and O–H groups in total. The van der Waals surface area contributed by atoms with Crippen LogP contribution in [0.15, 0.2) is 61.2 Å². The van der Waals surface area contributed by atoms with Crippen LogP contribution in [0.1, 0.15) is 44.6 Å². The van der Waals surface area contributed by atoms with Gasteiger partial charge in [0.1, 0.15) is 11.4 Å². The van der Waals surface area contributed by atoms with Crippen LogP contribution in [0.25, 0.3) is 0 Å². The lowest BCUT2D eigenvalue weighted by Gasteiger charge is -2.35. The van der Waals surface area contributed by atoms with Gasteiger partial charge in [0.25, 0.3) is 0 Å². The lowest BCUT2D eigenvalue weighted by molar-refractivity contribution is 0.00712. The molecule has 0 bridgehead atoms. The largest absolute Gasteiger partial charge is 0.494 e. The van der Waals surface area contributed by atoms with E-state index in [4.69, 9.17) is 27.9 Å². The Labute approximate surface area is 250 Å². The zero-order valence-corrected chi connectivity index (χ0v) is 25.7. The summed E-state index contributed by atoms with van der Waals surface area (Å²) in [6, 6.07) is 13.8. The highest BCUT2D eigenvalue weighted by atomic mass is 35.5. The second-order valence-corrected chi connectivity index (χ2v) is 11.2. The van der Waals surface area contributed by atoms with E-state index in [-0.39, 0.29) is 0 Å². The number of hydrogen-bond donors (Lipinski definition) is 2. The molecule has 1 fully saturated rings. The van der Waals surface area contributed by atoms with Crippen LogP contribution in [-0.4, -0.2) is 73.0 Å². The van der Waals surface area contributed by atoms with Crippen molar-refractivity contribution in [1.29, 1.82) is 0 Å². The lowest BCUT2D eigenvalue weighted by Crippen LogP contribution is -2.46. The van der Waals surface area contributed by atoms with Gasteiger partial charge in [0.05, 0.1) is 19.5 Å². The van der Waals surface area contributed by atoms with Crippen molar-refractivity contribution >= 4 is 28.9 Å². The summed E-state index contributed by atoms with van der Waals surface area (Å²) in [6.07, 6.45) is 9.77. The molecule has 1 atom stereocenters. The summed E-state index contributed by atoms with van der Waals surface area (Å²) in [5, 5.41) is 15.4. The van der Waals surface area contributed by atoms with Crippen LogP contribution in [0.2, 0.25) is 10.0 Å². The number of piperazine rings is 1. The first-order chi connectivity index (χ1) is 19.4. The molecule has 2 heterocycles. The molecule has 0 saturated carbocycles. The van der Waals surface area contributed by atoms with Gasteiger partial charge in [-0.1, -0.05) is 55.5 Å². The minimum absolute atomic E-state index is 0.391. The van der Waals surface area contributed by atoms with Gasteiger partial charge < -0.3 is 29.5 Å². The molecule has 4 rings (SSSR count). The average molecular weight is 591 g/mol. The van der Waals surface area contributed by atoms with Crippen molar-refractivity contribution in [2.24, 2.45) is 0 Å². The molecule has 3 aromatic rings. The number of anilines is 1. The number of nitrogens with zero attached hydrogens (tertiary/aromatic N) is 4. The maximum absolute atomic E-state index is 11.6. The zero-order valence-electron chi connectivity index (χ0n) is 24.2. The molecule has 0 amide bonds. The summed E-state index contributed by atoms with van der Waals surface area (Å²) in [6.45, 7) is 8.85. The molecular weight excluding hydrogens is 545 g/mol. The molecule has 1 saturated heterocycles. The third-order valence-electron chi connectivity index (χ3n) is 7.21. The second-order valence-electron chi connectivity index (χ2n) is 10.3. The Morgan fingerprint density at radius 2 is 1.68 bits per heavy atom. The van der Waals surface area contributed by atoms with Gasteiger partial charge in [-0.2, -0.15) is 0 Å². The first-order valence-electron chi connectivity index (χ1n) is 14.3. The van der Waals surface area contributed by atoms with Crippen LogP contribution in [-0.2, 0) is 12.1 Å². The van der Waals surface area contributed by atoms with Crippen LogP contribution >= 0.6 is 23.2 Å². The Bertz CT molecular complexity index is 1110. The normalized spacial score (nSPS) is 15.3. The summed E-state index contributed by atoms with van der Waals surface area (Å²) in [5.41, 5.74) is 0.877. The fourth-order valence-corrected chi connectivity index (χ4v) is 5.57. The van der Waals surface area contributed by atoms with Crippen LogP contribution in [0.4, 0.5) is 5.69 Å². The number of benzene rings is 2. The third kappa shape index (κ3) is 9.96. The van der Waals surface area contributed by atoms with Crippen molar-refractivity contribution in [2.75, 3.05) is 58.3 Å². The number of hydrogen-bond acceptors (Lipinski definition) is 6. The quantitative estimate of drug-likeness (QED) is 0.235. The van der Waals surface area contributed by atoms with Crippen molar-refractivity contribution in [3.63, 3.8) is 0 Å². The molecule has 1 aromatic heterocycles. The number of unbranched alkanes of at least 4 members (excludes halogenated alkanes) is 3. The van der Waals surface area contributed by atoms with Crippen molar-refractivity contribution < 1.29 is 9.84 Å². The minimum atomic E-state index is -1.09. The highest BCUT2D eigenvalue weighted by Crippen LogP contribution is 2.36. The summed E-state index contributed by atoms with van der Waals surface area (Å²) in [7, 11) is 3.75. The minimum Gasteiger partial charge on any atom is -0.494 e. The van der Waals surface area contributed by atoms with E-state index in [1.165, 1.54) is 5.69 Å². The molecular formula is C31H45Cl2N5O2. The van der Waals surface area contributed by atoms with Crippen LogP contribution in [0, 0.1) is 0 Å². The average Bonchev–Trinajstić information content (AvgIpc) is 3.46. The highest BCUT2D eigenvalue weighted by Gasteiger charge is 2.31. The van der Waals surface area contributed by atoms with Crippen LogP contribution < -0.4 is 15.0 Å². The molecule has 9 heteroatoms. The van der Waals surface area contributed by atoms with Crippen molar-refractivity contribution in [1.82, 2.24) is 19.8 Å². The maximum atomic E-state index is 11.6. The third-order valence-corrected chi connectivity index (χ3v) is 7.76. The number of rotatable bonds is 13. The van der Waals surface area contributed by atoms with E-state index in [9.17, 15) is 5.11 Å². The number of halogens is 2. The zero-order chi connectivity index (χ0) is 28.8. The Kier molecular flexibility index (Phi) is 13.6. The second kappa shape index (κ2) is 16.8. The van der Waals surface area contributed by atoms with Gasteiger partial charge >= 0.3 is 0 Å². The lowest BCUT2D eigenvalue weighted by atomic mass is 9.87. The van der Waals surface area contributed by atoms with Gasteiger partial charge in [-0.15, -0.1) is 0 Å². The molecule has 1 aliphatic rings. The van der Waals surface area contributed by atoms with Gasteiger partial charge in [0, 0.05) is 59.9 Å². The van der Waals surface area contributed by atoms with E-state index in [0.717, 1.165) is 64.2 Å². The number of ether oxygens (including phenoxy) is 1. The van der Waals surface area contributed by atoms with Gasteiger partial charge in [-0.25, -0.2) is 4.98 Å². The van der Waals surface area contributed by atoms with E-state index in [1.54, 1.807) is 24.7 Å². The van der Waals surface area contributed by atoms with E-state index in [1.807, 2.05) is 30.9 Å². The standard InChI is InChI=1S/C29H38Cl2N4O2.C2H7N/c1-2-33-16-18-35(19-17-33)25-8-10-26(11-9-25)37-20-6-4-3-5-13-29(36,22-34-15-14-32-23-34)27-12-7-24(30)21-28(27)31;1-3-2/h7-12,14-15,21,23,36H,2-6,13,16-20,22H2,1H3;3H,1-2H3. The predicted molar refractivity (Wildman–Crippen MR) is 167 cm³/mol. The number of imidazole rings is 1. The van der Waals surface area contributed by atoms with E-state index in [0.29, 0.717) is 35.2 Å². The van der Waals surface area contributed by atoms with E-state index >= 15 is 0 Å². The Balaban J connectivity index is 0.00000141. The first kappa shape index (κ1) is 32.2. The molecule has 1 aliphatic heterocycles. The number of aliphatic hydroxyl groups is 1. The molecule has 0 spiro atoms. The Morgan fingerprint density at radius 1 is 0.975 bits per heavy atom. The van der Waals surface area contributed by atoms with Gasteiger partial charge in [-0.3, -0.25) is 0 Å². The first-order valence-corrected chi connectivity index (χ1v) is 15.1. The Morgan fingerprint density at radius 3 is 2.30 bits per heavy atom. The molecule has 40 heavy (non-hydrogen) atoms. The number of nitrogens with one attached hydrogen (secondary N) is 1. The fourth-order valence-electron chi connectivity index (χ4n) is 4.99. The summed E-state index contributed by atoms with van der Waals surface area (Å²) >= 11 is 12.6. The molecule has 1 unspecified atom stereocenters. The van der Waals surface area contributed by atoms with Crippen molar-refractivity contribution in [3.05, 3.63) is 76.8 Å². The summed E-state index contributed by atoms with van der Waals surface area (Å²) in [4.78, 5) is 9.04. The van der Waals surface area contributed by atoms with Crippen LogP contribution in [0.3, 0.4) is 0 Å². The topological polar surface area (TPSA) is 65.8 Å². The summed E-state index contributed by atoms with van der Waals surface area (Å²) in [5.74, 6) is 0.919. The molecule has 0 radical (unpaired) electrons. The van der Waals surface area contributed by atoms with Gasteiger partial charge in [0.15, 0.2) is 0 Å². The smallest absolute Gasteiger partial charge is 0.119 e. The SMILES string of the molecule is CCN1CCN(c2ccc(OCCCCCCC(O)(Cn3ccnc3)c3ccc(Cl)cc3Cl)cc2)CC1.CNC. The summed E-state index contributed by atoms with van der Waals surface area (Å²) < 4.78 is 7.86. The monoisotopic (exact) mass is 589 g/mol. The van der Waals surface area contributed by atoms with E-state index < -0.39 is 5.60 Å². The molecule has 7 nitrogen and oxygen atoms in total. The molecule has 220 valence electrons. The molecule has 2 aromatic carbocycles. The van der Waals surface area contributed by atoms with Crippen molar-refractivity contribution in [3.8, 4) is 5.75 Å². The van der Waals surface area contributed by atoms with Crippen LogP contribution in [0.5, 0.6) is 5.75 Å². The predicted octanol–water partition coefficient (Wildman–Crippen LogP) is 6.08. The maximum Gasteiger partial charge on any atom is 0.119 e. The number of likely N-dealkylation sites (N-methyl/N-ethyl adjacent to an activating group) is 1. The van der Waals surface area contributed by atoms with Crippen molar-refractivity contribution in [2.45, 2.75) is 51.2 Å². The van der Waals surface area contributed by atoms with Gasteiger partial charge in [0.2, 0.25) is 0 Å². The highest BCUT2D eigenvalue weighted by molar-refractivity contribution is 6.35. The van der Waals surface area contributed by atoms with E-state index in [2.05, 4.69) is 51.3 Å².